The third-order valence-corrected chi connectivity index (χ3v) is 6.00. The topological polar surface area (TPSA) is 93.7 Å². The molecule has 0 radical (unpaired) electrons. The van der Waals surface area contributed by atoms with Gasteiger partial charge in [-0.05, 0) is 55.7 Å². The van der Waals surface area contributed by atoms with Crippen LogP contribution >= 0.6 is 0 Å². The van der Waals surface area contributed by atoms with E-state index in [1.165, 1.54) is 25.0 Å². The molecule has 8 heteroatoms. The van der Waals surface area contributed by atoms with Crippen LogP contribution in [0.1, 0.15) is 43.7 Å². The molecule has 4 rings (SSSR count). The van der Waals surface area contributed by atoms with Crippen LogP contribution in [-0.4, -0.2) is 53.1 Å². The van der Waals surface area contributed by atoms with Crippen molar-refractivity contribution in [3.63, 3.8) is 0 Å². The zero-order chi connectivity index (χ0) is 19.7. The summed E-state index contributed by atoms with van der Waals surface area (Å²) in [7, 11) is 0. The summed E-state index contributed by atoms with van der Waals surface area (Å²) in [6.45, 7) is 0.931. The van der Waals surface area contributed by atoms with Crippen LogP contribution in [0.4, 0.5) is 4.39 Å². The lowest BCUT2D eigenvalue weighted by atomic mass is 9.85. The van der Waals surface area contributed by atoms with Crippen molar-refractivity contribution in [2.75, 3.05) is 13.1 Å². The number of hydrogen-bond acceptors (Lipinski definition) is 5. The molecule has 28 heavy (non-hydrogen) atoms. The molecule has 0 spiro atoms. The summed E-state index contributed by atoms with van der Waals surface area (Å²) in [6, 6.07) is 6.26. The standard InChI is InChI=1S/C20H27FN4O3/c21-14-5-3-13(4-6-14)17-9-18(24-23-17)20(28)22-15-7-16(8-15)25(11-19(26)27)10-12-1-2-12/h3-6,12,15-18,23-24H,1-2,7-11H2,(H,22,28)(H,26,27). The van der Waals surface area contributed by atoms with E-state index < -0.39 is 5.97 Å². The van der Waals surface area contributed by atoms with Crippen molar-refractivity contribution in [1.82, 2.24) is 21.1 Å². The van der Waals surface area contributed by atoms with Crippen molar-refractivity contribution in [3.8, 4) is 0 Å². The Kier molecular flexibility index (Phi) is 5.61. The lowest BCUT2D eigenvalue weighted by Crippen LogP contribution is -2.57. The first-order valence-electron chi connectivity index (χ1n) is 10.0. The minimum atomic E-state index is -0.791. The second-order valence-electron chi connectivity index (χ2n) is 8.28. The molecule has 3 aliphatic rings. The van der Waals surface area contributed by atoms with Crippen LogP contribution in [-0.2, 0) is 9.59 Å². The second kappa shape index (κ2) is 8.14. The van der Waals surface area contributed by atoms with Crippen LogP contribution in [0.15, 0.2) is 24.3 Å². The van der Waals surface area contributed by atoms with Crippen molar-refractivity contribution in [2.45, 2.75) is 56.3 Å². The molecule has 1 aliphatic heterocycles. The van der Waals surface area contributed by atoms with Crippen LogP contribution in [0.25, 0.3) is 0 Å². The van der Waals surface area contributed by atoms with Crippen molar-refractivity contribution in [1.29, 1.82) is 0 Å². The molecule has 0 bridgehead atoms. The fourth-order valence-corrected chi connectivity index (χ4v) is 4.10. The van der Waals surface area contributed by atoms with Gasteiger partial charge in [0.25, 0.3) is 0 Å². The summed E-state index contributed by atoms with van der Waals surface area (Å²) in [5.74, 6) is -0.471. The van der Waals surface area contributed by atoms with E-state index >= 15 is 0 Å². The average molecular weight is 390 g/mol. The molecular weight excluding hydrogens is 363 g/mol. The predicted octanol–water partition coefficient (Wildman–Crippen LogP) is 1.18. The average Bonchev–Trinajstić information content (AvgIpc) is 3.29. The maximum absolute atomic E-state index is 13.1. The number of amides is 1. The van der Waals surface area contributed by atoms with Crippen LogP contribution in [0.5, 0.6) is 0 Å². The number of nitrogens with zero attached hydrogens (tertiary/aromatic N) is 1. The Morgan fingerprint density at radius 2 is 1.86 bits per heavy atom. The highest BCUT2D eigenvalue weighted by Crippen LogP contribution is 2.34. The van der Waals surface area contributed by atoms with Gasteiger partial charge < -0.3 is 10.4 Å². The number of carbonyl (C=O) groups is 2. The Labute approximate surface area is 163 Å². The Bertz CT molecular complexity index is 719. The van der Waals surface area contributed by atoms with Gasteiger partial charge in [0.1, 0.15) is 11.9 Å². The quantitative estimate of drug-likeness (QED) is 0.533. The Morgan fingerprint density at radius 1 is 1.14 bits per heavy atom. The van der Waals surface area contributed by atoms with Crippen LogP contribution in [0.3, 0.4) is 0 Å². The Balaban J connectivity index is 1.23. The summed E-state index contributed by atoms with van der Waals surface area (Å²) in [5.41, 5.74) is 7.07. The van der Waals surface area contributed by atoms with Crippen LogP contribution in [0, 0.1) is 11.7 Å². The minimum Gasteiger partial charge on any atom is -0.480 e. The van der Waals surface area contributed by atoms with Gasteiger partial charge in [-0.1, -0.05) is 12.1 Å². The summed E-state index contributed by atoms with van der Waals surface area (Å²) in [5, 5.41) is 12.2. The molecule has 152 valence electrons. The Morgan fingerprint density at radius 3 is 2.50 bits per heavy atom. The molecule has 7 nitrogen and oxygen atoms in total. The molecule has 2 unspecified atom stereocenters. The smallest absolute Gasteiger partial charge is 0.317 e. The molecule has 1 saturated heterocycles. The van der Waals surface area contributed by atoms with Gasteiger partial charge in [-0.2, -0.15) is 0 Å². The monoisotopic (exact) mass is 390 g/mol. The van der Waals surface area contributed by atoms with Gasteiger partial charge >= 0.3 is 5.97 Å². The number of nitrogens with one attached hydrogen (secondary N) is 3. The molecule has 1 aromatic rings. The third-order valence-electron chi connectivity index (χ3n) is 6.00. The lowest BCUT2D eigenvalue weighted by molar-refractivity contribution is -0.140. The number of carboxylic acid groups (broad SMARTS) is 1. The summed E-state index contributed by atoms with van der Waals surface area (Å²) < 4.78 is 13.1. The SMILES string of the molecule is O=C(O)CN(CC1CC1)C1CC(NC(=O)C2CC(c3ccc(F)cc3)NN2)C1. The van der Waals surface area contributed by atoms with E-state index in [0.29, 0.717) is 12.3 Å². The number of carbonyl (C=O) groups excluding carboxylic acids is 1. The molecule has 2 atom stereocenters. The zero-order valence-corrected chi connectivity index (χ0v) is 15.7. The number of carboxylic acids is 1. The molecule has 2 saturated carbocycles. The molecule has 1 amide bonds. The fraction of sp³-hybridized carbons (Fsp3) is 0.600. The third kappa shape index (κ3) is 4.68. The maximum atomic E-state index is 13.1. The van der Waals surface area contributed by atoms with E-state index in [4.69, 9.17) is 5.11 Å². The first-order valence-corrected chi connectivity index (χ1v) is 10.0. The van der Waals surface area contributed by atoms with Crippen LogP contribution < -0.4 is 16.2 Å². The Hall–Kier alpha value is -2.03. The van der Waals surface area contributed by atoms with E-state index in [2.05, 4.69) is 21.1 Å². The van der Waals surface area contributed by atoms with Gasteiger partial charge in [-0.15, -0.1) is 0 Å². The van der Waals surface area contributed by atoms with E-state index in [1.807, 2.05) is 0 Å². The first-order chi connectivity index (χ1) is 13.5. The molecule has 2 aliphatic carbocycles. The number of halogens is 1. The fourth-order valence-electron chi connectivity index (χ4n) is 4.10. The van der Waals surface area contributed by atoms with Gasteiger partial charge in [0, 0.05) is 24.7 Å². The molecular formula is C20H27FN4O3. The predicted molar refractivity (Wildman–Crippen MR) is 101 cm³/mol. The second-order valence-corrected chi connectivity index (χ2v) is 8.28. The molecule has 1 heterocycles. The van der Waals surface area contributed by atoms with Crippen molar-refractivity contribution in [3.05, 3.63) is 35.6 Å². The van der Waals surface area contributed by atoms with Gasteiger partial charge in [-0.25, -0.2) is 15.2 Å². The number of aliphatic carboxylic acids is 1. The largest absolute Gasteiger partial charge is 0.480 e. The number of hydrazine groups is 1. The normalized spacial score (nSPS) is 29.5. The van der Waals surface area contributed by atoms with Gasteiger partial charge in [0.15, 0.2) is 0 Å². The lowest BCUT2D eigenvalue weighted by Gasteiger charge is -2.43. The highest BCUT2D eigenvalue weighted by Gasteiger charge is 2.39. The maximum Gasteiger partial charge on any atom is 0.317 e. The van der Waals surface area contributed by atoms with Crippen molar-refractivity contribution >= 4 is 11.9 Å². The van der Waals surface area contributed by atoms with Gasteiger partial charge in [0.05, 0.1) is 6.54 Å². The number of hydrogen-bond donors (Lipinski definition) is 4. The summed E-state index contributed by atoms with van der Waals surface area (Å²) >= 11 is 0. The molecule has 3 fully saturated rings. The van der Waals surface area contributed by atoms with E-state index in [1.54, 1.807) is 12.1 Å². The molecule has 4 N–H and O–H groups in total. The van der Waals surface area contributed by atoms with E-state index in [0.717, 1.165) is 24.9 Å². The number of benzene rings is 1. The van der Waals surface area contributed by atoms with E-state index in [9.17, 15) is 14.0 Å². The summed E-state index contributed by atoms with van der Waals surface area (Å²) in [6.07, 6.45) is 4.58. The molecule has 1 aromatic carbocycles. The van der Waals surface area contributed by atoms with Crippen molar-refractivity contribution < 1.29 is 19.1 Å². The van der Waals surface area contributed by atoms with Crippen LogP contribution in [0.2, 0.25) is 0 Å². The van der Waals surface area contributed by atoms with Gasteiger partial charge in [0.2, 0.25) is 5.91 Å². The zero-order valence-electron chi connectivity index (χ0n) is 15.7. The first kappa shape index (κ1) is 19.3. The highest BCUT2D eigenvalue weighted by molar-refractivity contribution is 5.82. The highest BCUT2D eigenvalue weighted by atomic mass is 19.1. The number of rotatable bonds is 8. The summed E-state index contributed by atoms with van der Waals surface area (Å²) in [4.78, 5) is 25.7. The van der Waals surface area contributed by atoms with Gasteiger partial charge in [-0.3, -0.25) is 14.5 Å². The molecule has 0 aromatic heterocycles. The van der Waals surface area contributed by atoms with Crippen molar-refractivity contribution in [2.24, 2.45) is 5.92 Å². The minimum absolute atomic E-state index is 0.0323. The van der Waals surface area contributed by atoms with E-state index in [-0.39, 0.29) is 42.4 Å².